The van der Waals surface area contributed by atoms with E-state index < -0.39 is 0 Å². The van der Waals surface area contributed by atoms with Crippen LogP contribution in [-0.4, -0.2) is 76.4 Å². The summed E-state index contributed by atoms with van der Waals surface area (Å²) in [6, 6.07) is 13.0. The smallest absolute Gasteiger partial charge is 0.166 e. The highest BCUT2D eigenvalue weighted by molar-refractivity contribution is 5.72. The van der Waals surface area contributed by atoms with Crippen molar-refractivity contribution in [3.05, 3.63) is 47.5 Å². The predicted octanol–water partition coefficient (Wildman–Crippen LogP) is 3.21. The molecular weight excluding hydrogens is 374 g/mol. The van der Waals surface area contributed by atoms with Gasteiger partial charge in [-0.25, -0.2) is 5.01 Å². The van der Waals surface area contributed by atoms with Crippen LogP contribution in [0.3, 0.4) is 0 Å². The molecule has 2 aliphatic heterocycles. The average Bonchev–Trinajstić information content (AvgIpc) is 2.77. The molecule has 0 atom stereocenters. The molecule has 2 aliphatic rings. The molecule has 1 N–H and O–H groups in total. The Labute approximate surface area is 181 Å². The Morgan fingerprint density at radius 3 is 2.07 bits per heavy atom. The van der Waals surface area contributed by atoms with Crippen molar-refractivity contribution >= 4 is 17.1 Å². The molecule has 30 heavy (non-hydrogen) atoms. The van der Waals surface area contributed by atoms with E-state index in [4.69, 9.17) is 4.74 Å². The summed E-state index contributed by atoms with van der Waals surface area (Å²) >= 11 is 0. The molecule has 0 spiro atoms. The summed E-state index contributed by atoms with van der Waals surface area (Å²) in [4.78, 5) is 7.31. The van der Waals surface area contributed by atoms with Crippen molar-refractivity contribution in [2.45, 2.75) is 13.8 Å². The fraction of sp³-hybridized carbons (Fsp3) is 0.500. The van der Waals surface area contributed by atoms with Gasteiger partial charge in [0.15, 0.2) is 5.75 Å². The van der Waals surface area contributed by atoms with Crippen molar-refractivity contribution < 1.29 is 4.74 Å². The predicted molar refractivity (Wildman–Crippen MR) is 126 cm³/mol. The summed E-state index contributed by atoms with van der Waals surface area (Å²) in [5.74, 6) is 0.944. The standard InChI is InChI=1S/C24H35N5O/c1-19-7-5-9-22(20(19)2)27-15-17-29(18-16-27)25-21-8-6-10-23(24(21)30-4)28-13-11-26(3)12-14-28/h5-10,25H,11-18H2,1-4H3. The van der Waals surface area contributed by atoms with E-state index >= 15 is 0 Å². The van der Waals surface area contributed by atoms with E-state index in [2.05, 4.69) is 82.4 Å². The average molecular weight is 410 g/mol. The van der Waals surface area contributed by atoms with E-state index in [1.54, 1.807) is 7.11 Å². The first kappa shape index (κ1) is 20.8. The zero-order valence-electron chi connectivity index (χ0n) is 18.8. The molecule has 0 bridgehead atoms. The van der Waals surface area contributed by atoms with Crippen LogP contribution in [0.4, 0.5) is 17.1 Å². The van der Waals surface area contributed by atoms with Crippen molar-refractivity contribution in [2.24, 2.45) is 0 Å². The number of para-hydroxylation sites is 1. The number of nitrogens with zero attached hydrogens (tertiary/aromatic N) is 4. The van der Waals surface area contributed by atoms with Gasteiger partial charge in [-0.3, -0.25) is 0 Å². The number of aryl methyl sites for hydroxylation is 1. The van der Waals surface area contributed by atoms with Crippen LogP contribution in [0.5, 0.6) is 5.75 Å². The second kappa shape index (κ2) is 9.14. The Hall–Kier alpha value is -2.44. The third kappa shape index (κ3) is 4.35. The third-order valence-electron chi connectivity index (χ3n) is 6.52. The van der Waals surface area contributed by atoms with Crippen molar-refractivity contribution in [3.63, 3.8) is 0 Å². The zero-order chi connectivity index (χ0) is 21.1. The molecule has 6 nitrogen and oxygen atoms in total. The number of hydrazine groups is 1. The highest BCUT2D eigenvalue weighted by Crippen LogP contribution is 2.36. The van der Waals surface area contributed by atoms with Crippen LogP contribution in [-0.2, 0) is 0 Å². The van der Waals surface area contributed by atoms with Crippen LogP contribution in [0.2, 0.25) is 0 Å². The largest absolute Gasteiger partial charge is 0.492 e. The monoisotopic (exact) mass is 409 g/mol. The first-order valence-electron chi connectivity index (χ1n) is 11.0. The fourth-order valence-corrected chi connectivity index (χ4v) is 4.43. The van der Waals surface area contributed by atoms with Gasteiger partial charge in [-0.2, -0.15) is 0 Å². The molecule has 0 saturated carbocycles. The quantitative estimate of drug-likeness (QED) is 0.817. The molecule has 2 heterocycles. The molecule has 2 fully saturated rings. The van der Waals surface area contributed by atoms with Gasteiger partial charge in [-0.1, -0.05) is 18.2 Å². The van der Waals surface area contributed by atoms with Crippen LogP contribution < -0.4 is 20.0 Å². The summed E-state index contributed by atoms with van der Waals surface area (Å²) < 4.78 is 5.86. The van der Waals surface area contributed by atoms with Crippen LogP contribution >= 0.6 is 0 Å². The topological polar surface area (TPSA) is 34.2 Å². The van der Waals surface area contributed by atoms with Gasteiger partial charge in [0.1, 0.15) is 0 Å². The van der Waals surface area contributed by atoms with Crippen molar-refractivity contribution in [2.75, 3.05) is 81.7 Å². The Bertz CT molecular complexity index is 855. The lowest BCUT2D eigenvalue weighted by molar-refractivity contribution is 0.304. The Morgan fingerprint density at radius 1 is 0.767 bits per heavy atom. The number of anilines is 3. The summed E-state index contributed by atoms with van der Waals surface area (Å²) in [6.07, 6.45) is 0. The Kier molecular flexibility index (Phi) is 6.35. The first-order chi connectivity index (χ1) is 14.6. The lowest BCUT2D eigenvalue weighted by atomic mass is 10.1. The van der Waals surface area contributed by atoms with Crippen LogP contribution in [0, 0.1) is 13.8 Å². The van der Waals surface area contributed by atoms with Gasteiger partial charge in [-0.05, 0) is 50.2 Å². The molecule has 6 heteroatoms. The summed E-state index contributed by atoms with van der Waals surface area (Å²) in [5, 5.41) is 2.31. The number of methoxy groups -OCH3 is 1. The van der Waals surface area contributed by atoms with Crippen LogP contribution in [0.15, 0.2) is 36.4 Å². The fourth-order valence-electron chi connectivity index (χ4n) is 4.43. The maximum absolute atomic E-state index is 5.86. The van der Waals surface area contributed by atoms with E-state index in [0.29, 0.717) is 0 Å². The summed E-state index contributed by atoms with van der Waals surface area (Å²) in [7, 11) is 3.96. The molecule has 0 unspecified atom stereocenters. The SMILES string of the molecule is COc1c(NN2CCN(c3cccc(C)c3C)CC2)cccc1N1CCN(C)CC1. The second-order valence-electron chi connectivity index (χ2n) is 8.45. The van der Waals surface area contributed by atoms with E-state index in [1.807, 2.05) is 0 Å². The molecular formula is C24H35N5O. The number of likely N-dealkylation sites (N-methyl/N-ethyl adjacent to an activating group) is 1. The maximum Gasteiger partial charge on any atom is 0.166 e. The van der Waals surface area contributed by atoms with E-state index in [0.717, 1.165) is 63.8 Å². The molecule has 2 aromatic rings. The second-order valence-corrected chi connectivity index (χ2v) is 8.45. The number of benzene rings is 2. The number of hydrogen-bond donors (Lipinski definition) is 1. The van der Waals surface area contributed by atoms with Gasteiger partial charge < -0.3 is 24.9 Å². The molecule has 4 rings (SSSR count). The molecule has 0 radical (unpaired) electrons. The van der Waals surface area contributed by atoms with Gasteiger partial charge in [0.2, 0.25) is 0 Å². The van der Waals surface area contributed by atoms with E-state index in [1.165, 1.54) is 22.5 Å². The minimum atomic E-state index is 0.944. The third-order valence-corrected chi connectivity index (χ3v) is 6.52. The number of hydrogen-bond acceptors (Lipinski definition) is 6. The minimum Gasteiger partial charge on any atom is -0.492 e. The van der Waals surface area contributed by atoms with Crippen molar-refractivity contribution in [1.82, 2.24) is 9.91 Å². The molecule has 0 aliphatic carbocycles. The summed E-state index contributed by atoms with van der Waals surface area (Å²) in [5.41, 5.74) is 9.98. The van der Waals surface area contributed by atoms with Crippen LogP contribution in [0.25, 0.3) is 0 Å². The first-order valence-corrected chi connectivity index (χ1v) is 11.0. The van der Waals surface area contributed by atoms with Gasteiger partial charge in [-0.15, -0.1) is 0 Å². The van der Waals surface area contributed by atoms with Gasteiger partial charge in [0, 0.05) is 58.0 Å². The van der Waals surface area contributed by atoms with E-state index in [9.17, 15) is 0 Å². The van der Waals surface area contributed by atoms with Gasteiger partial charge >= 0.3 is 0 Å². The number of rotatable bonds is 5. The maximum atomic E-state index is 5.86. The molecule has 0 aromatic heterocycles. The van der Waals surface area contributed by atoms with Gasteiger partial charge in [0.25, 0.3) is 0 Å². The molecule has 0 amide bonds. The zero-order valence-corrected chi connectivity index (χ0v) is 18.8. The van der Waals surface area contributed by atoms with Crippen molar-refractivity contribution in [1.29, 1.82) is 0 Å². The van der Waals surface area contributed by atoms with Gasteiger partial charge in [0.05, 0.1) is 18.5 Å². The lowest BCUT2D eigenvalue weighted by Crippen LogP contribution is -2.49. The highest BCUT2D eigenvalue weighted by Gasteiger charge is 2.22. The molecule has 2 saturated heterocycles. The Balaban J connectivity index is 1.43. The highest BCUT2D eigenvalue weighted by atomic mass is 16.5. The van der Waals surface area contributed by atoms with E-state index in [-0.39, 0.29) is 0 Å². The number of ether oxygens (including phenoxy) is 1. The van der Waals surface area contributed by atoms with Crippen LogP contribution in [0.1, 0.15) is 11.1 Å². The normalized spacial score (nSPS) is 18.5. The number of piperazine rings is 2. The number of nitrogens with one attached hydrogen (secondary N) is 1. The Morgan fingerprint density at radius 2 is 1.37 bits per heavy atom. The minimum absolute atomic E-state index is 0.944. The molecule has 2 aromatic carbocycles. The molecule has 162 valence electrons. The summed E-state index contributed by atoms with van der Waals surface area (Å²) in [6.45, 7) is 12.6. The van der Waals surface area contributed by atoms with Crippen molar-refractivity contribution in [3.8, 4) is 5.75 Å². The lowest BCUT2D eigenvalue weighted by Gasteiger charge is -2.38.